The second-order valence-corrected chi connectivity index (χ2v) is 8.44. The number of aromatic nitrogens is 3. The lowest BCUT2D eigenvalue weighted by atomic mass is 9.96. The molecule has 0 radical (unpaired) electrons. The van der Waals surface area contributed by atoms with Gasteiger partial charge in [-0.1, -0.05) is 17.7 Å². The molecule has 8 heteroatoms. The van der Waals surface area contributed by atoms with Crippen molar-refractivity contribution in [2.24, 2.45) is 5.92 Å². The Labute approximate surface area is 180 Å². The Morgan fingerprint density at radius 3 is 2.73 bits per heavy atom. The largest absolute Gasteiger partial charge is 0.353 e. The molecule has 2 aromatic heterocycles. The van der Waals surface area contributed by atoms with E-state index in [0.717, 1.165) is 68.4 Å². The highest BCUT2D eigenvalue weighted by Gasteiger charge is 2.32. The first-order chi connectivity index (χ1) is 14.7. The highest BCUT2D eigenvalue weighted by atomic mass is 35.5. The number of pyridine rings is 1. The third-order valence-electron chi connectivity index (χ3n) is 6.07. The summed E-state index contributed by atoms with van der Waals surface area (Å²) in [6.07, 6.45) is 3.74. The van der Waals surface area contributed by atoms with Crippen LogP contribution in [-0.4, -0.2) is 65.0 Å². The zero-order valence-electron chi connectivity index (χ0n) is 16.8. The third kappa shape index (κ3) is 3.81. The molecule has 1 atom stereocenters. The Morgan fingerprint density at radius 1 is 1.07 bits per heavy atom. The third-order valence-corrected chi connectivity index (χ3v) is 6.30. The highest BCUT2D eigenvalue weighted by Crippen LogP contribution is 2.26. The van der Waals surface area contributed by atoms with Crippen LogP contribution < -0.4 is 9.80 Å². The number of hydrogen-bond donors (Lipinski definition) is 1. The number of fused-ring (bicyclic) bond motifs is 1. The zero-order chi connectivity index (χ0) is 20.5. The van der Waals surface area contributed by atoms with E-state index in [1.165, 1.54) is 0 Å². The number of nitrogens with one attached hydrogen (secondary N) is 1. The van der Waals surface area contributed by atoms with Gasteiger partial charge in [-0.2, -0.15) is 0 Å². The van der Waals surface area contributed by atoms with Crippen LogP contribution in [0.1, 0.15) is 12.8 Å². The number of imidazole rings is 1. The molecule has 30 heavy (non-hydrogen) atoms. The molecule has 1 aromatic carbocycles. The summed E-state index contributed by atoms with van der Waals surface area (Å²) < 4.78 is 0. The summed E-state index contributed by atoms with van der Waals surface area (Å²) in [5.41, 5.74) is 1.82. The predicted octanol–water partition coefficient (Wildman–Crippen LogP) is 3.18. The van der Waals surface area contributed by atoms with Crippen LogP contribution in [-0.2, 0) is 4.79 Å². The first-order valence-corrected chi connectivity index (χ1v) is 10.9. The molecule has 2 fully saturated rings. The minimum atomic E-state index is 0.0111. The molecule has 7 nitrogen and oxygen atoms in total. The molecule has 1 amide bonds. The molecule has 1 unspecified atom stereocenters. The fourth-order valence-electron chi connectivity index (χ4n) is 4.44. The number of aromatic amines is 1. The maximum Gasteiger partial charge on any atom is 0.227 e. The molecule has 0 spiro atoms. The fourth-order valence-corrected chi connectivity index (χ4v) is 4.62. The zero-order valence-corrected chi connectivity index (χ0v) is 17.6. The summed E-state index contributed by atoms with van der Waals surface area (Å²) in [7, 11) is 0. The van der Waals surface area contributed by atoms with Gasteiger partial charge in [0.1, 0.15) is 5.82 Å². The number of anilines is 2. The smallest absolute Gasteiger partial charge is 0.227 e. The lowest BCUT2D eigenvalue weighted by Gasteiger charge is -2.39. The fraction of sp³-hybridized carbons (Fsp3) is 0.409. The number of nitrogens with zero attached hydrogens (tertiary/aromatic N) is 5. The maximum atomic E-state index is 13.2. The predicted molar refractivity (Wildman–Crippen MR) is 119 cm³/mol. The number of hydrogen-bond acceptors (Lipinski definition) is 5. The molecule has 0 aliphatic carbocycles. The van der Waals surface area contributed by atoms with E-state index in [0.29, 0.717) is 11.6 Å². The lowest BCUT2D eigenvalue weighted by molar-refractivity contribution is -0.136. The van der Waals surface area contributed by atoms with Gasteiger partial charge in [0.25, 0.3) is 0 Å². The van der Waals surface area contributed by atoms with Crippen molar-refractivity contribution in [1.29, 1.82) is 0 Å². The molecule has 2 aliphatic heterocycles. The average molecular weight is 425 g/mol. The van der Waals surface area contributed by atoms with Crippen LogP contribution in [0.3, 0.4) is 0 Å². The number of H-pyrrole nitrogens is 1. The molecular formula is C22H25ClN6O. The van der Waals surface area contributed by atoms with Crippen molar-refractivity contribution in [3.8, 4) is 0 Å². The van der Waals surface area contributed by atoms with E-state index < -0.39 is 0 Å². The van der Waals surface area contributed by atoms with Gasteiger partial charge < -0.3 is 19.7 Å². The van der Waals surface area contributed by atoms with Crippen LogP contribution in [0.5, 0.6) is 0 Å². The van der Waals surface area contributed by atoms with Gasteiger partial charge in [0.15, 0.2) is 0 Å². The van der Waals surface area contributed by atoms with Gasteiger partial charge in [-0.3, -0.25) is 4.79 Å². The van der Waals surface area contributed by atoms with Gasteiger partial charge >= 0.3 is 0 Å². The number of amides is 1. The second kappa shape index (κ2) is 8.14. The summed E-state index contributed by atoms with van der Waals surface area (Å²) in [4.78, 5) is 32.2. The quantitative estimate of drug-likeness (QED) is 0.699. The lowest BCUT2D eigenvalue weighted by Crippen LogP contribution is -2.52. The van der Waals surface area contributed by atoms with Gasteiger partial charge in [-0.05, 0) is 43.2 Å². The van der Waals surface area contributed by atoms with Crippen molar-refractivity contribution in [2.75, 3.05) is 49.1 Å². The number of benzene rings is 1. The van der Waals surface area contributed by atoms with Gasteiger partial charge in [0.05, 0.1) is 17.0 Å². The topological polar surface area (TPSA) is 68.4 Å². The highest BCUT2D eigenvalue weighted by molar-refractivity contribution is 6.31. The molecule has 4 heterocycles. The first kappa shape index (κ1) is 19.2. The molecule has 2 saturated heterocycles. The minimum absolute atomic E-state index is 0.0111. The van der Waals surface area contributed by atoms with Crippen molar-refractivity contribution in [3.05, 3.63) is 47.6 Å². The SMILES string of the molecule is O=C(C1CCCN(c2nc3ccc(Cl)cc3[nH]2)C1)N1CCN(c2ccccn2)CC1. The standard InChI is InChI=1S/C22H25ClN6O/c23-17-6-7-18-19(14-17)26-22(25-18)29-9-3-4-16(15-29)21(30)28-12-10-27(11-13-28)20-5-1-2-8-24-20/h1-2,5-8,14,16H,3-4,9-13,15H2,(H,25,26). The minimum Gasteiger partial charge on any atom is -0.353 e. The molecule has 1 N–H and O–H groups in total. The number of carbonyl (C=O) groups is 1. The Hall–Kier alpha value is -2.80. The van der Waals surface area contributed by atoms with Crippen molar-refractivity contribution in [2.45, 2.75) is 12.8 Å². The molecule has 5 rings (SSSR count). The van der Waals surface area contributed by atoms with Crippen molar-refractivity contribution < 1.29 is 4.79 Å². The maximum absolute atomic E-state index is 13.2. The Morgan fingerprint density at radius 2 is 1.93 bits per heavy atom. The Bertz CT molecular complexity index is 1030. The van der Waals surface area contributed by atoms with Gasteiger partial charge in [0, 0.05) is 50.5 Å². The van der Waals surface area contributed by atoms with Crippen molar-refractivity contribution >= 4 is 40.3 Å². The van der Waals surface area contributed by atoms with E-state index in [2.05, 4.69) is 19.8 Å². The van der Waals surface area contributed by atoms with E-state index in [9.17, 15) is 4.79 Å². The Balaban J connectivity index is 1.23. The van der Waals surface area contributed by atoms with E-state index in [4.69, 9.17) is 16.6 Å². The number of carbonyl (C=O) groups excluding carboxylic acids is 1. The average Bonchev–Trinajstić information content (AvgIpc) is 3.23. The van der Waals surface area contributed by atoms with E-state index >= 15 is 0 Å². The van der Waals surface area contributed by atoms with Crippen LogP contribution in [0.2, 0.25) is 5.02 Å². The van der Waals surface area contributed by atoms with Gasteiger partial charge in [-0.15, -0.1) is 0 Å². The number of halogens is 1. The normalized spacial score (nSPS) is 20.0. The summed E-state index contributed by atoms with van der Waals surface area (Å²) in [5, 5.41) is 0.689. The van der Waals surface area contributed by atoms with Crippen LogP contribution in [0.4, 0.5) is 11.8 Å². The van der Waals surface area contributed by atoms with E-state index in [1.54, 1.807) is 0 Å². The molecule has 2 aliphatic rings. The summed E-state index contributed by atoms with van der Waals surface area (Å²) >= 11 is 6.09. The van der Waals surface area contributed by atoms with E-state index in [1.807, 2.05) is 47.5 Å². The van der Waals surface area contributed by atoms with Crippen molar-refractivity contribution in [1.82, 2.24) is 19.9 Å². The first-order valence-electron chi connectivity index (χ1n) is 10.5. The molecule has 3 aromatic rings. The van der Waals surface area contributed by atoms with Crippen LogP contribution in [0, 0.1) is 5.92 Å². The van der Waals surface area contributed by atoms with E-state index in [-0.39, 0.29) is 11.8 Å². The van der Waals surface area contributed by atoms with Crippen LogP contribution in [0.25, 0.3) is 11.0 Å². The van der Waals surface area contributed by atoms with Crippen LogP contribution >= 0.6 is 11.6 Å². The summed E-state index contributed by atoms with van der Waals surface area (Å²) in [6, 6.07) is 11.6. The molecule has 0 bridgehead atoms. The van der Waals surface area contributed by atoms with Crippen molar-refractivity contribution in [3.63, 3.8) is 0 Å². The Kier molecular flexibility index (Phi) is 5.21. The van der Waals surface area contributed by atoms with Gasteiger partial charge in [0.2, 0.25) is 11.9 Å². The monoisotopic (exact) mass is 424 g/mol. The molecular weight excluding hydrogens is 400 g/mol. The van der Waals surface area contributed by atoms with Gasteiger partial charge in [-0.25, -0.2) is 9.97 Å². The molecule has 0 saturated carbocycles. The number of piperidine rings is 1. The number of piperazine rings is 1. The summed E-state index contributed by atoms with van der Waals surface area (Å²) in [6.45, 7) is 4.74. The summed E-state index contributed by atoms with van der Waals surface area (Å²) in [5.74, 6) is 2.08. The van der Waals surface area contributed by atoms with Crippen LogP contribution in [0.15, 0.2) is 42.6 Å². The number of rotatable bonds is 3. The second-order valence-electron chi connectivity index (χ2n) is 8.01. The molecule has 156 valence electrons.